The number of anilines is 1. The van der Waals surface area contributed by atoms with Crippen LogP contribution in [0.15, 0.2) is 78.9 Å². The monoisotopic (exact) mass is 565 g/mol. The second kappa shape index (κ2) is 14.8. The summed E-state index contributed by atoms with van der Waals surface area (Å²) in [6.07, 6.45) is -0.540. The zero-order valence-electron chi connectivity index (χ0n) is 23.5. The lowest BCUT2D eigenvalue weighted by Gasteiger charge is -2.19. The number of ether oxygens (including phenoxy) is 1. The molecule has 0 radical (unpaired) electrons. The van der Waals surface area contributed by atoms with Crippen molar-refractivity contribution in [2.24, 2.45) is 0 Å². The van der Waals surface area contributed by atoms with Crippen LogP contribution in [0.4, 0.5) is 10.5 Å². The van der Waals surface area contributed by atoms with Crippen LogP contribution in [0, 0.1) is 23.7 Å². The molecule has 9 heteroatoms. The van der Waals surface area contributed by atoms with Gasteiger partial charge in [0.1, 0.15) is 11.6 Å². The van der Waals surface area contributed by atoms with Crippen LogP contribution in [0.1, 0.15) is 52.6 Å². The predicted molar refractivity (Wildman–Crippen MR) is 159 cm³/mol. The van der Waals surface area contributed by atoms with Crippen molar-refractivity contribution < 1.29 is 29.0 Å². The van der Waals surface area contributed by atoms with Crippen molar-refractivity contribution >= 4 is 29.4 Å². The summed E-state index contributed by atoms with van der Waals surface area (Å²) in [7, 11) is 0. The lowest BCUT2D eigenvalue weighted by atomic mass is 10.1. The highest BCUT2D eigenvalue weighted by atomic mass is 16.6. The first-order valence-corrected chi connectivity index (χ1v) is 13.0. The van der Waals surface area contributed by atoms with Crippen molar-refractivity contribution in [1.29, 1.82) is 0 Å². The molecule has 0 heterocycles. The van der Waals surface area contributed by atoms with Crippen molar-refractivity contribution in [3.63, 3.8) is 0 Å². The molecule has 0 fully saturated rings. The van der Waals surface area contributed by atoms with Gasteiger partial charge in [0.2, 0.25) is 5.91 Å². The summed E-state index contributed by atoms with van der Waals surface area (Å²) in [6.45, 7) is 4.46. The fourth-order valence-corrected chi connectivity index (χ4v) is 3.42. The molecule has 0 spiro atoms. The topological polar surface area (TPSA) is 134 Å². The Kier molecular flexibility index (Phi) is 11.0. The highest BCUT2D eigenvalue weighted by Gasteiger charge is 2.21. The van der Waals surface area contributed by atoms with Crippen molar-refractivity contribution in [3.05, 3.63) is 101 Å². The van der Waals surface area contributed by atoms with Crippen LogP contribution >= 0.6 is 0 Å². The smallest absolute Gasteiger partial charge is 0.412 e. The van der Waals surface area contributed by atoms with Gasteiger partial charge in [-0.3, -0.25) is 19.7 Å². The first-order valence-electron chi connectivity index (χ1n) is 13.0. The van der Waals surface area contributed by atoms with E-state index in [4.69, 9.17) is 4.74 Å². The van der Waals surface area contributed by atoms with Crippen LogP contribution in [0.3, 0.4) is 0 Å². The molecule has 3 aromatic rings. The van der Waals surface area contributed by atoms with Gasteiger partial charge in [0.25, 0.3) is 5.91 Å². The first-order chi connectivity index (χ1) is 20.0. The summed E-state index contributed by atoms with van der Waals surface area (Å²) in [4.78, 5) is 49.0. The largest absolute Gasteiger partial charge is 0.444 e. The number of rotatable bonds is 8. The lowest BCUT2D eigenvalue weighted by molar-refractivity contribution is -0.123. The minimum absolute atomic E-state index is 0.262. The molecule has 3 amide bonds. The summed E-state index contributed by atoms with van der Waals surface area (Å²) in [5, 5.41) is 17.1. The molecule has 0 saturated carbocycles. The van der Waals surface area contributed by atoms with Gasteiger partial charge in [0.15, 0.2) is 5.78 Å². The van der Waals surface area contributed by atoms with E-state index in [9.17, 15) is 24.3 Å². The Morgan fingerprint density at radius 3 is 1.93 bits per heavy atom. The molecule has 4 N–H and O–H groups in total. The molecule has 0 aliphatic rings. The van der Waals surface area contributed by atoms with E-state index in [2.05, 4.69) is 39.6 Å². The van der Waals surface area contributed by atoms with E-state index >= 15 is 0 Å². The van der Waals surface area contributed by atoms with Gasteiger partial charge in [-0.25, -0.2) is 4.79 Å². The number of hydrogen-bond acceptors (Lipinski definition) is 6. The number of nitrogens with one attached hydrogen (secondary N) is 3. The Labute approximate surface area is 244 Å². The summed E-state index contributed by atoms with van der Waals surface area (Å²) in [6, 6.07) is 20.5. The highest BCUT2D eigenvalue weighted by Crippen LogP contribution is 2.12. The molecule has 0 aliphatic heterocycles. The molecule has 3 aromatic carbocycles. The van der Waals surface area contributed by atoms with E-state index in [-0.39, 0.29) is 17.9 Å². The lowest BCUT2D eigenvalue weighted by Crippen LogP contribution is -2.49. The first kappa shape index (κ1) is 31.2. The van der Waals surface area contributed by atoms with Gasteiger partial charge in [-0.05, 0) is 81.1 Å². The molecule has 3 rings (SSSR count). The molecule has 0 bridgehead atoms. The third kappa shape index (κ3) is 10.3. The van der Waals surface area contributed by atoms with Crippen LogP contribution in [-0.4, -0.2) is 53.6 Å². The van der Waals surface area contributed by atoms with Crippen LogP contribution in [0.25, 0.3) is 0 Å². The number of aliphatic hydroxyl groups is 1. The average molecular weight is 566 g/mol. The van der Waals surface area contributed by atoms with Crippen molar-refractivity contribution in [2.75, 3.05) is 18.5 Å². The summed E-state index contributed by atoms with van der Waals surface area (Å²) in [5.41, 5.74) is 2.02. The summed E-state index contributed by atoms with van der Waals surface area (Å²) < 4.78 is 5.22. The van der Waals surface area contributed by atoms with E-state index in [1.54, 1.807) is 87.5 Å². The zero-order valence-corrected chi connectivity index (χ0v) is 23.5. The number of carbonyl (C=O) groups excluding carboxylic acids is 4. The highest BCUT2D eigenvalue weighted by molar-refractivity contribution is 6.01. The molecule has 0 unspecified atom stereocenters. The van der Waals surface area contributed by atoms with Crippen LogP contribution in [0.2, 0.25) is 0 Å². The minimum Gasteiger partial charge on any atom is -0.444 e. The van der Waals surface area contributed by atoms with Crippen LogP contribution in [0.5, 0.6) is 0 Å². The van der Waals surface area contributed by atoms with Gasteiger partial charge in [0, 0.05) is 27.9 Å². The average Bonchev–Trinajstić information content (AvgIpc) is 2.97. The number of aliphatic hydroxyl groups excluding tert-OH is 1. The molecule has 9 nitrogen and oxygen atoms in total. The maximum absolute atomic E-state index is 12.6. The number of amides is 3. The van der Waals surface area contributed by atoms with Gasteiger partial charge >= 0.3 is 6.09 Å². The fourth-order valence-electron chi connectivity index (χ4n) is 3.42. The van der Waals surface area contributed by atoms with Crippen LogP contribution < -0.4 is 16.0 Å². The van der Waals surface area contributed by atoms with Crippen molar-refractivity contribution in [2.45, 2.75) is 32.4 Å². The molecule has 0 aliphatic carbocycles. The van der Waals surface area contributed by atoms with E-state index in [1.165, 1.54) is 12.1 Å². The number of carbonyl (C=O) groups is 4. The molecule has 42 heavy (non-hydrogen) atoms. The van der Waals surface area contributed by atoms with Crippen molar-refractivity contribution in [1.82, 2.24) is 10.6 Å². The van der Waals surface area contributed by atoms with E-state index in [0.717, 1.165) is 0 Å². The second-order valence-electron chi connectivity index (χ2n) is 10.00. The quantitative estimate of drug-likeness (QED) is 0.244. The third-order valence-corrected chi connectivity index (χ3v) is 5.48. The Bertz CT molecular complexity index is 1540. The molecule has 214 valence electrons. The Morgan fingerprint density at radius 1 is 0.810 bits per heavy atom. The Hall–Kier alpha value is -5.38. The SMILES string of the molecule is CC(C)(C)OC(=O)Nc1ccc(C#CC#Cc2ccc(C(=O)N[C@H](CO)C(=O)NCC(=O)c3ccccc3)cc2)cc1. The maximum atomic E-state index is 12.6. The maximum Gasteiger partial charge on any atom is 0.412 e. The molecular formula is C33H31N3O6. The zero-order chi connectivity index (χ0) is 30.5. The fraction of sp³-hybridized carbons (Fsp3) is 0.212. The van der Waals surface area contributed by atoms with E-state index in [1.807, 2.05) is 0 Å². The third-order valence-electron chi connectivity index (χ3n) is 5.48. The van der Waals surface area contributed by atoms with Gasteiger partial charge < -0.3 is 20.5 Å². The molecular weight excluding hydrogens is 534 g/mol. The van der Waals surface area contributed by atoms with E-state index in [0.29, 0.717) is 22.4 Å². The Morgan fingerprint density at radius 2 is 1.38 bits per heavy atom. The second-order valence-corrected chi connectivity index (χ2v) is 10.00. The summed E-state index contributed by atoms with van der Waals surface area (Å²) in [5.74, 6) is 9.77. The Balaban J connectivity index is 1.50. The normalized spacial score (nSPS) is 11.0. The van der Waals surface area contributed by atoms with Crippen molar-refractivity contribution in [3.8, 4) is 23.7 Å². The van der Waals surface area contributed by atoms with Gasteiger partial charge in [0.05, 0.1) is 13.2 Å². The number of Topliss-reactive ketones (excluding diaryl/α,β-unsaturated/α-hetero) is 1. The molecule has 1 atom stereocenters. The molecule has 0 aromatic heterocycles. The molecule has 0 saturated heterocycles. The number of ketones is 1. The standard InChI is InChI=1S/C33H31N3O6/c1-33(2,3)42-32(41)35-27-19-15-24(16-20-27)10-8-7-9-23-13-17-26(18-14-23)30(39)36-28(22-37)31(40)34-21-29(38)25-11-5-4-6-12-25/h4-6,11-20,28,37H,21-22H2,1-3H3,(H,34,40)(H,35,41)(H,36,39)/t28-/m1/s1. The summed E-state index contributed by atoms with van der Waals surface area (Å²) >= 11 is 0. The van der Waals surface area contributed by atoms with Gasteiger partial charge in [-0.2, -0.15) is 0 Å². The number of hydrogen-bond donors (Lipinski definition) is 4. The number of benzene rings is 3. The van der Waals surface area contributed by atoms with Gasteiger partial charge in [-0.1, -0.05) is 42.2 Å². The predicted octanol–water partition coefficient (Wildman–Crippen LogP) is 3.53. The minimum atomic E-state index is -1.22. The van der Waals surface area contributed by atoms with Gasteiger partial charge in [-0.15, -0.1) is 0 Å². The van der Waals surface area contributed by atoms with E-state index < -0.39 is 36.2 Å². The van der Waals surface area contributed by atoms with Crippen LogP contribution in [-0.2, 0) is 9.53 Å².